The minimum absolute atomic E-state index is 0.145. The van der Waals surface area contributed by atoms with Gasteiger partial charge >= 0.3 is 0 Å². The minimum atomic E-state index is -0.145. The molecular formula is C14H21ClN2O3. The normalized spacial score (nSPS) is 10.5. The van der Waals surface area contributed by atoms with Crippen LogP contribution in [-0.4, -0.2) is 32.3 Å². The molecule has 1 rings (SSSR count). The molecular weight excluding hydrogens is 280 g/mol. The zero-order valence-electron chi connectivity index (χ0n) is 11.7. The van der Waals surface area contributed by atoms with Crippen molar-refractivity contribution in [1.29, 1.82) is 0 Å². The molecule has 1 aromatic carbocycles. The number of nitrogens with two attached hydrogens (primary N) is 1. The third kappa shape index (κ3) is 6.75. The highest BCUT2D eigenvalue weighted by Crippen LogP contribution is 2.22. The van der Waals surface area contributed by atoms with Crippen LogP contribution >= 0.6 is 11.6 Å². The molecule has 0 spiro atoms. The molecule has 0 aliphatic carbocycles. The molecule has 5 nitrogen and oxygen atoms in total. The number of anilines is 2. The second kappa shape index (κ2) is 9.58. The van der Waals surface area contributed by atoms with Crippen molar-refractivity contribution in [2.75, 3.05) is 37.5 Å². The second-order valence-electron chi connectivity index (χ2n) is 4.25. The van der Waals surface area contributed by atoms with Crippen molar-refractivity contribution in [3.8, 4) is 0 Å². The molecule has 0 saturated carbocycles. The maximum Gasteiger partial charge on any atom is 0.226 e. The molecule has 0 bridgehead atoms. The van der Waals surface area contributed by atoms with Crippen molar-refractivity contribution >= 4 is 28.9 Å². The van der Waals surface area contributed by atoms with Gasteiger partial charge in [0.05, 0.1) is 37.6 Å². The molecule has 0 fully saturated rings. The second-order valence-corrected chi connectivity index (χ2v) is 4.69. The Morgan fingerprint density at radius 1 is 1.25 bits per heavy atom. The van der Waals surface area contributed by atoms with Gasteiger partial charge in [-0.25, -0.2) is 0 Å². The van der Waals surface area contributed by atoms with Gasteiger partial charge in [0.15, 0.2) is 0 Å². The number of rotatable bonds is 9. The largest absolute Gasteiger partial charge is 0.397 e. The number of hydrogen-bond donors (Lipinski definition) is 2. The summed E-state index contributed by atoms with van der Waals surface area (Å²) in [4.78, 5) is 11.7. The highest BCUT2D eigenvalue weighted by Gasteiger charge is 2.05. The number of hydrogen-bond acceptors (Lipinski definition) is 4. The van der Waals surface area contributed by atoms with Crippen molar-refractivity contribution in [2.24, 2.45) is 0 Å². The highest BCUT2D eigenvalue weighted by atomic mass is 35.5. The van der Waals surface area contributed by atoms with E-state index in [1.54, 1.807) is 18.2 Å². The molecule has 1 aromatic rings. The van der Waals surface area contributed by atoms with E-state index in [-0.39, 0.29) is 12.3 Å². The molecule has 0 aromatic heterocycles. The SMILES string of the molecule is CCCOCCOCCC(=O)Nc1ccc(Cl)cc1N. The minimum Gasteiger partial charge on any atom is -0.397 e. The first-order valence-corrected chi connectivity index (χ1v) is 7.01. The van der Waals surface area contributed by atoms with E-state index in [1.165, 1.54) is 0 Å². The zero-order chi connectivity index (χ0) is 14.8. The number of nitrogen functional groups attached to an aromatic ring is 1. The Morgan fingerprint density at radius 3 is 2.60 bits per heavy atom. The summed E-state index contributed by atoms with van der Waals surface area (Å²) < 4.78 is 10.6. The topological polar surface area (TPSA) is 73.6 Å². The molecule has 20 heavy (non-hydrogen) atoms. The number of nitrogens with one attached hydrogen (secondary N) is 1. The summed E-state index contributed by atoms with van der Waals surface area (Å²) in [5.41, 5.74) is 6.75. The van der Waals surface area contributed by atoms with Crippen LogP contribution in [0, 0.1) is 0 Å². The van der Waals surface area contributed by atoms with E-state index in [4.69, 9.17) is 26.8 Å². The van der Waals surface area contributed by atoms with Crippen LogP contribution in [0.4, 0.5) is 11.4 Å². The first-order chi connectivity index (χ1) is 9.63. The van der Waals surface area contributed by atoms with Gasteiger partial charge in [-0.1, -0.05) is 18.5 Å². The average Bonchev–Trinajstić information content (AvgIpc) is 2.41. The first-order valence-electron chi connectivity index (χ1n) is 6.64. The lowest BCUT2D eigenvalue weighted by molar-refractivity contribution is -0.117. The third-order valence-electron chi connectivity index (χ3n) is 2.48. The Bertz CT molecular complexity index is 427. The third-order valence-corrected chi connectivity index (χ3v) is 2.72. The van der Waals surface area contributed by atoms with E-state index >= 15 is 0 Å². The van der Waals surface area contributed by atoms with Crippen LogP contribution in [0.15, 0.2) is 18.2 Å². The molecule has 0 unspecified atom stereocenters. The van der Waals surface area contributed by atoms with Crippen molar-refractivity contribution in [1.82, 2.24) is 0 Å². The number of benzene rings is 1. The van der Waals surface area contributed by atoms with Crippen LogP contribution in [0.2, 0.25) is 5.02 Å². The zero-order valence-corrected chi connectivity index (χ0v) is 12.4. The molecule has 0 saturated heterocycles. The van der Waals surface area contributed by atoms with Crippen molar-refractivity contribution in [3.63, 3.8) is 0 Å². The van der Waals surface area contributed by atoms with Crippen LogP contribution in [0.25, 0.3) is 0 Å². The van der Waals surface area contributed by atoms with Gasteiger partial charge in [-0.3, -0.25) is 4.79 Å². The summed E-state index contributed by atoms with van der Waals surface area (Å²) in [5, 5.41) is 3.25. The van der Waals surface area contributed by atoms with E-state index in [9.17, 15) is 4.79 Å². The van der Waals surface area contributed by atoms with Crippen LogP contribution < -0.4 is 11.1 Å². The predicted molar refractivity (Wildman–Crippen MR) is 81.0 cm³/mol. The van der Waals surface area contributed by atoms with Gasteiger partial charge in [0, 0.05) is 11.6 Å². The highest BCUT2D eigenvalue weighted by molar-refractivity contribution is 6.31. The van der Waals surface area contributed by atoms with Gasteiger partial charge < -0.3 is 20.5 Å². The Labute approximate surface area is 124 Å². The van der Waals surface area contributed by atoms with E-state index in [1.807, 2.05) is 6.92 Å². The summed E-state index contributed by atoms with van der Waals surface area (Å²) in [5.74, 6) is -0.145. The predicted octanol–water partition coefficient (Wildman–Crippen LogP) is 2.69. The van der Waals surface area contributed by atoms with Crippen molar-refractivity contribution < 1.29 is 14.3 Å². The Morgan fingerprint density at radius 2 is 1.95 bits per heavy atom. The standard InChI is InChI=1S/C14H21ClN2O3/c1-2-6-19-8-9-20-7-5-14(18)17-13-4-3-11(15)10-12(13)16/h3-4,10H,2,5-9,16H2,1H3,(H,17,18). The van der Waals surface area contributed by atoms with Gasteiger partial charge in [0.1, 0.15) is 0 Å². The van der Waals surface area contributed by atoms with Gasteiger partial charge in [-0.05, 0) is 24.6 Å². The molecule has 3 N–H and O–H groups in total. The fraction of sp³-hybridized carbons (Fsp3) is 0.500. The van der Waals surface area contributed by atoms with Crippen LogP contribution in [0.1, 0.15) is 19.8 Å². The van der Waals surface area contributed by atoms with Crippen LogP contribution in [-0.2, 0) is 14.3 Å². The maximum absolute atomic E-state index is 11.7. The maximum atomic E-state index is 11.7. The van der Waals surface area contributed by atoms with Gasteiger partial charge in [0.2, 0.25) is 5.91 Å². The van der Waals surface area contributed by atoms with Crippen LogP contribution in [0.5, 0.6) is 0 Å². The number of ether oxygens (including phenoxy) is 2. The van der Waals surface area contributed by atoms with E-state index in [2.05, 4.69) is 5.32 Å². The lowest BCUT2D eigenvalue weighted by Crippen LogP contribution is -2.16. The lowest BCUT2D eigenvalue weighted by atomic mass is 10.2. The molecule has 0 aliphatic heterocycles. The summed E-state index contributed by atoms with van der Waals surface area (Å²) >= 11 is 5.78. The Kier molecular flexibility index (Phi) is 8.02. The molecule has 6 heteroatoms. The number of carbonyl (C=O) groups is 1. The summed E-state index contributed by atoms with van der Waals surface area (Å²) in [7, 11) is 0. The lowest BCUT2D eigenvalue weighted by Gasteiger charge is -2.09. The first kappa shape index (κ1) is 16.8. The van der Waals surface area contributed by atoms with Gasteiger partial charge in [-0.15, -0.1) is 0 Å². The van der Waals surface area contributed by atoms with Gasteiger partial charge in [-0.2, -0.15) is 0 Å². The average molecular weight is 301 g/mol. The molecule has 0 atom stereocenters. The van der Waals surface area contributed by atoms with Crippen molar-refractivity contribution in [2.45, 2.75) is 19.8 Å². The molecule has 0 aliphatic rings. The summed E-state index contributed by atoms with van der Waals surface area (Å²) in [6.45, 7) is 4.19. The fourth-order valence-corrected chi connectivity index (χ4v) is 1.67. The van der Waals surface area contributed by atoms with E-state index in [0.717, 1.165) is 13.0 Å². The molecule has 0 heterocycles. The van der Waals surface area contributed by atoms with E-state index in [0.29, 0.717) is 36.2 Å². The molecule has 1 amide bonds. The number of carbonyl (C=O) groups excluding carboxylic acids is 1. The monoisotopic (exact) mass is 300 g/mol. The molecule has 0 radical (unpaired) electrons. The number of halogens is 1. The Balaban J connectivity index is 2.17. The smallest absolute Gasteiger partial charge is 0.226 e. The summed E-state index contributed by atoms with van der Waals surface area (Å²) in [6.07, 6.45) is 1.26. The molecule has 112 valence electrons. The summed E-state index contributed by atoms with van der Waals surface area (Å²) in [6, 6.07) is 4.95. The van der Waals surface area contributed by atoms with Gasteiger partial charge in [0.25, 0.3) is 0 Å². The Hall–Kier alpha value is -1.30. The van der Waals surface area contributed by atoms with Crippen molar-refractivity contribution in [3.05, 3.63) is 23.2 Å². The fourth-order valence-electron chi connectivity index (χ4n) is 1.49. The quantitative estimate of drug-likeness (QED) is 0.543. The van der Waals surface area contributed by atoms with Crippen LogP contribution in [0.3, 0.4) is 0 Å². The van der Waals surface area contributed by atoms with E-state index < -0.39 is 0 Å². The number of amides is 1.